The van der Waals surface area contributed by atoms with E-state index >= 15 is 0 Å². The van der Waals surface area contributed by atoms with E-state index in [1.807, 2.05) is 24.3 Å². The molecule has 32 heavy (non-hydrogen) atoms. The lowest BCUT2D eigenvalue weighted by molar-refractivity contribution is 0.0697. The van der Waals surface area contributed by atoms with Crippen molar-refractivity contribution in [1.82, 2.24) is 24.5 Å². The Hall–Kier alpha value is -4.00. The van der Waals surface area contributed by atoms with Gasteiger partial charge in [0, 0.05) is 18.2 Å². The molecule has 5 rings (SSSR count). The number of benzene rings is 2. The quantitative estimate of drug-likeness (QED) is 0.380. The maximum atomic E-state index is 11.6. The molecule has 0 aliphatic carbocycles. The van der Waals surface area contributed by atoms with E-state index in [4.69, 9.17) is 4.98 Å². The third-order valence-corrected chi connectivity index (χ3v) is 5.64. The summed E-state index contributed by atoms with van der Waals surface area (Å²) < 4.78 is 2.18. The van der Waals surface area contributed by atoms with Gasteiger partial charge >= 0.3 is 5.97 Å². The standard InChI is InChI=1S/C25H23N5O2/c1-2-3-10-22-27-20-9-6-13-26-24(20)30(22)15-16-11-12-19-21(14-16)29-23(28-19)17-7-4-5-8-18(17)25(31)32/h4-9,11-14H,2-3,10,15H2,1H3,(H,28,29)(H,31,32). The second kappa shape index (κ2) is 8.26. The number of fused-ring (bicyclic) bond motifs is 2. The minimum atomic E-state index is -0.971. The minimum absolute atomic E-state index is 0.225. The summed E-state index contributed by atoms with van der Waals surface area (Å²) in [7, 11) is 0. The van der Waals surface area contributed by atoms with Gasteiger partial charge in [-0.3, -0.25) is 0 Å². The third-order valence-electron chi connectivity index (χ3n) is 5.64. The number of unbranched alkanes of at least 4 members (excludes halogenated alkanes) is 1. The lowest BCUT2D eigenvalue weighted by atomic mass is 10.1. The second-order valence-electron chi connectivity index (χ2n) is 7.85. The molecule has 5 aromatic rings. The fourth-order valence-electron chi connectivity index (χ4n) is 4.04. The number of imidazole rings is 2. The van der Waals surface area contributed by atoms with Gasteiger partial charge in [0.1, 0.15) is 17.2 Å². The van der Waals surface area contributed by atoms with Crippen LogP contribution in [0.5, 0.6) is 0 Å². The fraction of sp³-hybridized carbons (Fsp3) is 0.200. The van der Waals surface area contributed by atoms with Crippen molar-refractivity contribution >= 4 is 28.2 Å². The summed E-state index contributed by atoms with van der Waals surface area (Å²) in [6.07, 6.45) is 4.90. The smallest absolute Gasteiger partial charge is 0.336 e. The molecular weight excluding hydrogens is 402 g/mol. The van der Waals surface area contributed by atoms with Crippen LogP contribution in [-0.2, 0) is 13.0 Å². The summed E-state index contributed by atoms with van der Waals surface area (Å²) in [5, 5.41) is 9.51. The highest BCUT2D eigenvalue weighted by molar-refractivity contribution is 5.96. The van der Waals surface area contributed by atoms with Crippen LogP contribution in [0.3, 0.4) is 0 Å². The van der Waals surface area contributed by atoms with E-state index < -0.39 is 5.97 Å². The van der Waals surface area contributed by atoms with Crippen molar-refractivity contribution in [3.63, 3.8) is 0 Å². The zero-order chi connectivity index (χ0) is 22.1. The van der Waals surface area contributed by atoms with Crippen molar-refractivity contribution in [3.8, 4) is 11.4 Å². The molecule has 2 aromatic carbocycles. The number of nitrogens with zero attached hydrogens (tertiary/aromatic N) is 4. The van der Waals surface area contributed by atoms with Crippen molar-refractivity contribution in [3.05, 3.63) is 77.7 Å². The van der Waals surface area contributed by atoms with Crippen LogP contribution in [0, 0.1) is 0 Å². The third kappa shape index (κ3) is 3.62. The van der Waals surface area contributed by atoms with Crippen molar-refractivity contribution in [2.24, 2.45) is 0 Å². The highest BCUT2D eigenvalue weighted by Crippen LogP contribution is 2.25. The monoisotopic (exact) mass is 425 g/mol. The van der Waals surface area contributed by atoms with E-state index in [2.05, 4.69) is 38.6 Å². The van der Waals surface area contributed by atoms with Gasteiger partial charge in [-0.15, -0.1) is 0 Å². The Morgan fingerprint density at radius 2 is 1.94 bits per heavy atom. The number of aryl methyl sites for hydroxylation is 1. The maximum Gasteiger partial charge on any atom is 0.336 e. The number of H-pyrrole nitrogens is 1. The molecule has 0 atom stereocenters. The fourth-order valence-corrected chi connectivity index (χ4v) is 4.04. The number of carbonyl (C=O) groups is 1. The Morgan fingerprint density at radius 3 is 2.78 bits per heavy atom. The molecule has 0 aliphatic rings. The summed E-state index contributed by atoms with van der Waals surface area (Å²) in [6.45, 7) is 2.83. The zero-order valence-electron chi connectivity index (χ0n) is 17.7. The van der Waals surface area contributed by atoms with Gasteiger partial charge in [-0.05, 0) is 42.3 Å². The minimum Gasteiger partial charge on any atom is -0.478 e. The van der Waals surface area contributed by atoms with Crippen LogP contribution in [-0.4, -0.2) is 35.6 Å². The van der Waals surface area contributed by atoms with E-state index in [1.165, 1.54) is 0 Å². The predicted molar refractivity (Wildman–Crippen MR) is 124 cm³/mol. The first-order chi connectivity index (χ1) is 15.6. The Kier molecular flexibility index (Phi) is 5.15. The first-order valence-corrected chi connectivity index (χ1v) is 10.8. The van der Waals surface area contributed by atoms with Crippen LogP contribution in [0.15, 0.2) is 60.8 Å². The van der Waals surface area contributed by atoms with Gasteiger partial charge in [0.2, 0.25) is 0 Å². The number of carboxylic acids is 1. The van der Waals surface area contributed by atoms with Gasteiger partial charge in [-0.2, -0.15) is 0 Å². The molecular formula is C25H23N5O2. The Bertz CT molecular complexity index is 1430. The predicted octanol–water partition coefficient (Wildman–Crippen LogP) is 5.06. The van der Waals surface area contributed by atoms with Gasteiger partial charge in [0.05, 0.1) is 23.1 Å². The molecule has 2 N–H and O–H groups in total. The summed E-state index contributed by atoms with van der Waals surface area (Å²) in [5.41, 5.74) is 5.36. The van der Waals surface area contributed by atoms with Crippen molar-refractivity contribution in [2.45, 2.75) is 32.7 Å². The lowest BCUT2D eigenvalue weighted by Gasteiger charge is -2.09. The van der Waals surface area contributed by atoms with E-state index in [0.29, 0.717) is 17.9 Å². The summed E-state index contributed by atoms with van der Waals surface area (Å²) in [4.78, 5) is 28.9. The molecule has 0 fully saturated rings. The zero-order valence-corrected chi connectivity index (χ0v) is 17.7. The van der Waals surface area contributed by atoms with Gasteiger partial charge < -0.3 is 14.7 Å². The summed E-state index contributed by atoms with van der Waals surface area (Å²) in [6, 6.07) is 16.9. The molecule has 7 heteroatoms. The molecule has 0 spiro atoms. The number of aromatic nitrogens is 5. The molecule has 0 saturated carbocycles. The van der Waals surface area contributed by atoms with E-state index in [0.717, 1.165) is 52.8 Å². The number of hydrogen-bond acceptors (Lipinski definition) is 4. The van der Waals surface area contributed by atoms with Crippen LogP contribution in [0.25, 0.3) is 33.6 Å². The second-order valence-corrected chi connectivity index (χ2v) is 7.85. The molecule has 0 amide bonds. The number of carboxylic acid groups (broad SMARTS) is 1. The normalized spacial score (nSPS) is 11.4. The van der Waals surface area contributed by atoms with Gasteiger partial charge in [0.15, 0.2) is 5.65 Å². The Labute approximate surface area is 184 Å². The number of aromatic amines is 1. The average molecular weight is 425 g/mol. The number of aromatic carboxylic acids is 1. The van der Waals surface area contributed by atoms with E-state index in [1.54, 1.807) is 24.4 Å². The van der Waals surface area contributed by atoms with Gasteiger partial charge in [0.25, 0.3) is 0 Å². The van der Waals surface area contributed by atoms with E-state index in [-0.39, 0.29) is 5.56 Å². The summed E-state index contributed by atoms with van der Waals surface area (Å²) >= 11 is 0. The Balaban J connectivity index is 1.53. The highest BCUT2D eigenvalue weighted by atomic mass is 16.4. The topological polar surface area (TPSA) is 96.7 Å². The molecule has 7 nitrogen and oxygen atoms in total. The highest BCUT2D eigenvalue weighted by Gasteiger charge is 2.15. The molecule has 3 heterocycles. The molecule has 0 aliphatic heterocycles. The molecule has 160 valence electrons. The first-order valence-electron chi connectivity index (χ1n) is 10.8. The Morgan fingerprint density at radius 1 is 1.06 bits per heavy atom. The van der Waals surface area contributed by atoms with E-state index in [9.17, 15) is 9.90 Å². The van der Waals surface area contributed by atoms with Crippen molar-refractivity contribution < 1.29 is 9.90 Å². The lowest BCUT2D eigenvalue weighted by Crippen LogP contribution is -2.06. The van der Waals surface area contributed by atoms with Crippen molar-refractivity contribution in [1.29, 1.82) is 0 Å². The average Bonchev–Trinajstić information content (AvgIpc) is 3.39. The maximum absolute atomic E-state index is 11.6. The molecule has 0 saturated heterocycles. The van der Waals surface area contributed by atoms with Gasteiger partial charge in [-0.1, -0.05) is 37.6 Å². The van der Waals surface area contributed by atoms with Crippen LogP contribution in [0.4, 0.5) is 0 Å². The molecule has 0 unspecified atom stereocenters. The molecule has 3 aromatic heterocycles. The molecule has 0 radical (unpaired) electrons. The van der Waals surface area contributed by atoms with Gasteiger partial charge in [-0.25, -0.2) is 19.7 Å². The first kappa shape index (κ1) is 19.9. The summed E-state index contributed by atoms with van der Waals surface area (Å²) in [5.74, 6) is 0.621. The SMILES string of the molecule is CCCCc1nc2cccnc2n1Cc1ccc2nc(-c3ccccc3C(=O)O)[nH]c2c1. The van der Waals surface area contributed by atoms with Crippen LogP contribution < -0.4 is 0 Å². The largest absolute Gasteiger partial charge is 0.478 e. The van der Waals surface area contributed by atoms with Crippen LogP contribution in [0.1, 0.15) is 41.5 Å². The number of pyridine rings is 1. The van der Waals surface area contributed by atoms with Crippen LogP contribution in [0.2, 0.25) is 0 Å². The number of hydrogen-bond donors (Lipinski definition) is 2. The van der Waals surface area contributed by atoms with Crippen molar-refractivity contribution in [2.75, 3.05) is 0 Å². The number of nitrogens with one attached hydrogen (secondary N) is 1. The molecule has 0 bridgehead atoms. The number of rotatable bonds is 7. The van der Waals surface area contributed by atoms with Crippen LogP contribution >= 0.6 is 0 Å².